The Labute approximate surface area is 424 Å². The highest BCUT2D eigenvalue weighted by molar-refractivity contribution is 6.16. The molecule has 2 heteroatoms. The summed E-state index contributed by atoms with van der Waals surface area (Å²) in [6.45, 7) is 13.9. The highest BCUT2D eigenvalue weighted by Gasteiger charge is 2.25. The van der Waals surface area contributed by atoms with E-state index in [4.69, 9.17) is 0 Å². The van der Waals surface area contributed by atoms with Crippen molar-refractivity contribution < 1.29 is 0 Å². The van der Waals surface area contributed by atoms with Crippen LogP contribution in [0.3, 0.4) is 0 Å². The van der Waals surface area contributed by atoms with Crippen molar-refractivity contribution in [2.45, 2.75) is 52.4 Å². The van der Waals surface area contributed by atoms with E-state index in [1.807, 2.05) is 0 Å². The summed E-state index contributed by atoms with van der Waals surface area (Å²) >= 11 is 0. The van der Waals surface area contributed by atoms with Gasteiger partial charge in [0.25, 0.3) is 0 Å². The van der Waals surface area contributed by atoms with Gasteiger partial charge >= 0.3 is 0 Å². The molecule has 0 unspecified atom stereocenters. The fourth-order valence-electron chi connectivity index (χ4n) is 10.7. The molecule has 11 aromatic carbocycles. The lowest BCUT2D eigenvalue weighted by atomic mass is 9.83. The first-order valence-corrected chi connectivity index (χ1v) is 25.3. The molecule has 0 saturated heterocycles. The van der Waals surface area contributed by atoms with Gasteiger partial charge in [0.2, 0.25) is 0 Å². The van der Waals surface area contributed by atoms with Gasteiger partial charge in [0, 0.05) is 33.5 Å². The van der Waals surface area contributed by atoms with Crippen LogP contribution in [0.4, 0.5) is 17.1 Å². The van der Waals surface area contributed by atoms with E-state index in [1.165, 1.54) is 99.0 Å². The van der Waals surface area contributed by atoms with Crippen molar-refractivity contribution >= 4 is 60.4 Å². The third-order valence-corrected chi connectivity index (χ3v) is 14.7. The molecular formula is C70H58N2. The normalized spacial score (nSPS) is 12.0. The van der Waals surface area contributed by atoms with Crippen LogP contribution in [0.2, 0.25) is 0 Å². The highest BCUT2D eigenvalue weighted by Crippen LogP contribution is 2.45. The number of para-hydroxylation sites is 1. The first kappa shape index (κ1) is 44.7. The molecule has 12 aromatic rings. The predicted molar refractivity (Wildman–Crippen MR) is 310 cm³/mol. The van der Waals surface area contributed by atoms with E-state index in [0.29, 0.717) is 0 Å². The van der Waals surface area contributed by atoms with E-state index in [9.17, 15) is 0 Å². The molecule has 0 aliphatic carbocycles. The molecule has 2 nitrogen and oxygen atoms in total. The monoisotopic (exact) mass is 926 g/mol. The van der Waals surface area contributed by atoms with Gasteiger partial charge in [-0.05, 0) is 161 Å². The number of aromatic nitrogens is 1. The Morgan fingerprint density at radius 1 is 0.306 bits per heavy atom. The Hall–Kier alpha value is -8.46. The zero-order valence-corrected chi connectivity index (χ0v) is 42.0. The van der Waals surface area contributed by atoms with Gasteiger partial charge in [-0.25, -0.2) is 0 Å². The molecule has 0 aliphatic heterocycles. The van der Waals surface area contributed by atoms with Gasteiger partial charge in [-0.3, -0.25) is 0 Å². The average Bonchev–Trinajstić information content (AvgIpc) is 3.75. The molecule has 0 aliphatic rings. The summed E-state index contributed by atoms with van der Waals surface area (Å²) in [7, 11) is 0. The molecular weight excluding hydrogens is 869 g/mol. The summed E-state index contributed by atoms with van der Waals surface area (Å²) in [4.78, 5) is 2.41. The minimum Gasteiger partial charge on any atom is -0.310 e. The van der Waals surface area contributed by atoms with Crippen LogP contribution >= 0.6 is 0 Å². The summed E-state index contributed by atoms with van der Waals surface area (Å²) in [6.07, 6.45) is 0. The molecule has 12 rings (SSSR count). The number of anilines is 3. The van der Waals surface area contributed by atoms with Gasteiger partial charge in [0.1, 0.15) is 0 Å². The minimum absolute atomic E-state index is 0.00242. The maximum atomic E-state index is 2.49. The molecule has 0 atom stereocenters. The van der Waals surface area contributed by atoms with Gasteiger partial charge in [0.05, 0.1) is 11.0 Å². The first-order valence-electron chi connectivity index (χ1n) is 25.3. The highest BCUT2D eigenvalue weighted by atomic mass is 15.1. The van der Waals surface area contributed by atoms with Crippen LogP contribution in [0.1, 0.15) is 52.7 Å². The molecule has 348 valence electrons. The van der Waals surface area contributed by atoms with E-state index < -0.39 is 0 Å². The van der Waals surface area contributed by atoms with Crippen molar-refractivity contribution in [3.8, 4) is 50.2 Å². The molecule has 72 heavy (non-hydrogen) atoms. The second kappa shape index (κ2) is 17.7. The van der Waals surface area contributed by atoms with Gasteiger partial charge in [0.15, 0.2) is 0 Å². The van der Waals surface area contributed by atoms with Crippen molar-refractivity contribution in [2.75, 3.05) is 4.90 Å². The predicted octanol–water partition coefficient (Wildman–Crippen LogP) is 19.8. The molecule has 0 saturated carbocycles. The van der Waals surface area contributed by atoms with Gasteiger partial charge in [-0.15, -0.1) is 0 Å². The topological polar surface area (TPSA) is 8.17 Å². The number of hydrogen-bond acceptors (Lipinski definition) is 1. The van der Waals surface area contributed by atoms with Gasteiger partial charge in [-0.2, -0.15) is 0 Å². The lowest BCUT2D eigenvalue weighted by Gasteiger charge is -2.27. The summed E-state index contributed by atoms with van der Waals surface area (Å²) in [6, 6.07) is 89.8. The number of hydrogen-bond donors (Lipinski definition) is 0. The maximum Gasteiger partial charge on any atom is 0.0550 e. The number of fused-ring (bicyclic) bond motifs is 6. The largest absolute Gasteiger partial charge is 0.310 e. The van der Waals surface area contributed by atoms with Crippen LogP contribution in [-0.2, 0) is 10.8 Å². The second-order valence-corrected chi connectivity index (χ2v) is 21.5. The number of benzene rings is 11. The van der Waals surface area contributed by atoms with E-state index >= 15 is 0 Å². The summed E-state index contributed by atoms with van der Waals surface area (Å²) in [5, 5.41) is 7.59. The van der Waals surface area contributed by atoms with Crippen molar-refractivity contribution in [2.24, 2.45) is 0 Å². The fourth-order valence-corrected chi connectivity index (χ4v) is 10.7. The molecule has 1 heterocycles. The van der Waals surface area contributed by atoms with Crippen molar-refractivity contribution in [1.29, 1.82) is 0 Å². The Bertz CT molecular complexity index is 3940. The Balaban J connectivity index is 1.00. The van der Waals surface area contributed by atoms with Crippen LogP contribution in [0.25, 0.3) is 93.5 Å². The molecule has 0 fully saturated rings. The molecule has 0 amide bonds. The molecule has 0 radical (unpaired) electrons. The smallest absolute Gasteiger partial charge is 0.0550 e. The van der Waals surface area contributed by atoms with E-state index in [1.54, 1.807) is 0 Å². The van der Waals surface area contributed by atoms with Gasteiger partial charge in [-0.1, -0.05) is 211 Å². The van der Waals surface area contributed by atoms with E-state index in [2.05, 4.69) is 294 Å². The zero-order valence-electron chi connectivity index (χ0n) is 42.0. The average molecular weight is 927 g/mol. The SMILES string of the molecule is CC(C)(C)c1ccc2c3c(-c4cccc(N(c5ccc(-c6ccc(-c7ccccc7)cc6)cc5)c5ccc(-c6ccc7c(ccc8ccccc87)c6)cc5)c4)cc(C(C)(C)C)cc3n(-c3ccccc3)c2c1. The first-order chi connectivity index (χ1) is 34.9. The lowest BCUT2D eigenvalue weighted by Crippen LogP contribution is -2.12. The van der Waals surface area contributed by atoms with Crippen molar-refractivity contribution in [3.63, 3.8) is 0 Å². The standard InChI is InChI=1S/C70H58N2/c1-69(2,3)56-35-41-64-66(45-56)72(58-20-11-8-12-21-58)67-46-57(70(4,5)6)44-65(68(64)67)54-19-15-22-61(43-54)71(59-36-30-50(31-37-59)49-26-24-48(25-27-49)47-16-9-7-10-17-47)60-38-32-51(33-39-60)53-34-40-63-55(42-53)29-28-52-18-13-14-23-62(52)63/h7-46H,1-6H3. The van der Waals surface area contributed by atoms with E-state index in [0.717, 1.165) is 22.7 Å². The summed E-state index contributed by atoms with van der Waals surface area (Å²) in [5.74, 6) is 0. The zero-order chi connectivity index (χ0) is 49.1. The molecule has 1 aromatic heterocycles. The van der Waals surface area contributed by atoms with Crippen LogP contribution in [0.15, 0.2) is 243 Å². The molecule has 0 spiro atoms. The quantitative estimate of drug-likeness (QED) is 0.138. The maximum absolute atomic E-state index is 2.49. The second-order valence-electron chi connectivity index (χ2n) is 21.5. The van der Waals surface area contributed by atoms with Crippen LogP contribution in [0, 0.1) is 0 Å². The summed E-state index contributed by atoms with van der Waals surface area (Å²) < 4.78 is 2.49. The van der Waals surface area contributed by atoms with Crippen LogP contribution in [-0.4, -0.2) is 4.57 Å². The third kappa shape index (κ3) is 8.23. The van der Waals surface area contributed by atoms with Crippen molar-refractivity contribution in [1.82, 2.24) is 4.57 Å². The third-order valence-electron chi connectivity index (χ3n) is 14.7. The molecule has 0 bridgehead atoms. The number of rotatable bonds is 8. The number of nitrogens with zero attached hydrogens (tertiary/aromatic N) is 2. The van der Waals surface area contributed by atoms with Gasteiger partial charge < -0.3 is 9.47 Å². The Kier molecular flexibility index (Phi) is 11.0. The minimum atomic E-state index is -0.0919. The van der Waals surface area contributed by atoms with Crippen LogP contribution < -0.4 is 4.90 Å². The van der Waals surface area contributed by atoms with Crippen LogP contribution in [0.5, 0.6) is 0 Å². The Morgan fingerprint density at radius 3 is 1.46 bits per heavy atom. The fraction of sp³-hybridized carbons (Fsp3) is 0.114. The van der Waals surface area contributed by atoms with Crippen molar-refractivity contribution in [3.05, 3.63) is 254 Å². The summed E-state index contributed by atoms with van der Waals surface area (Å²) in [5.41, 5.74) is 19.0. The Morgan fingerprint density at radius 2 is 0.806 bits per heavy atom. The lowest BCUT2D eigenvalue weighted by molar-refractivity contribution is 0.591. The van der Waals surface area contributed by atoms with E-state index in [-0.39, 0.29) is 10.8 Å². The molecule has 0 N–H and O–H groups in total.